The molecule has 3 heteroatoms. The summed E-state index contributed by atoms with van der Waals surface area (Å²) in [7, 11) is 0. The standard InChI is InChI=1S/C18H22BrNO/c19-10-11-20(13-5-3-6-13)18(21)17-15-9-8-12-4-1-2-7-14(12)16(15)17/h1-2,4,7,13,15-17H,3,5-6,8-11H2. The van der Waals surface area contributed by atoms with Crippen molar-refractivity contribution in [3.8, 4) is 0 Å². The Morgan fingerprint density at radius 3 is 2.76 bits per heavy atom. The molecule has 0 bridgehead atoms. The lowest BCUT2D eigenvalue weighted by Crippen LogP contribution is -2.46. The first-order valence-corrected chi connectivity index (χ1v) is 9.37. The summed E-state index contributed by atoms with van der Waals surface area (Å²) in [6.45, 7) is 0.876. The van der Waals surface area contributed by atoms with Crippen molar-refractivity contribution in [2.24, 2.45) is 11.8 Å². The minimum absolute atomic E-state index is 0.272. The third-order valence-electron chi connectivity index (χ3n) is 5.74. The van der Waals surface area contributed by atoms with Gasteiger partial charge in [-0.1, -0.05) is 40.2 Å². The Bertz CT molecular complexity index is 554. The van der Waals surface area contributed by atoms with Gasteiger partial charge in [-0.25, -0.2) is 0 Å². The molecule has 112 valence electrons. The number of fused-ring (bicyclic) bond motifs is 3. The zero-order valence-corrected chi connectivity index (χ0v) is 13.9. The summed E-state index contributed by atoms with van der Waals surface area (Å²) < 4.78 is 0. The molecule has 0 heterocycles. The molecule has 3 aliphatic rings. The van der Waals surface area contributed by atoms with Crippen molar-refractivity contribution in [1.82, 2.24) is 4.90 Å². The normalized spacial score (nSPS) is 30.0. The second kappa shape index (κ2) is 5.42. The van der Waals surface area contributed by atoms with E-state index in [4.69, 9.17) is 0 Å². The topological polar surface area (TPSA) is 20.3 Å². The average Bonchev–Trinajstić information content (AvgIpc) is 3.19. The molecule has 3 atom stereocenters. The predicted molar refractivity (Wildman–Crippen MR) is 87.6 cm³/mol. The summed E-state index contributed by atoms with van der Waals surface area (Å²) in [5.41, 5.74) is 2.93. The highest BCUT2D eigenvalue weighted by molar-refractivity contribution is 9.09. The number of aryl methyl sites for hydroxylation is 1. The maximum absolute atomic E-state index is 13.0. The Hall–Kier alpha value is -0.830. The second-order valence-corrected chi connectivity index (χ2v) is 7.55. The zero-order valence-electron chi connectivity index (χ0n) is 12.3. The van der Waals surface area contributed by atoms with E-state index >= 15 is 0 Å². The van der Waals surface area contributed by atoms with Gasteiger partial charge < -0.3 is 4.90 Å². The van der Waals surface area contributed by atoms with Gasteiger partial charge in [0, 0.05) is 23.8 Å². The Morgan fingerprint density at radius 1 is 1.24 bits per heavy atom. The van der Waals surface area contributed by atoms with E-state index in [9.17, 15) is 4.79 Å². The first-order valence-electron chi connectivity index (χ1n) is 8.25. The molecule has 1 amide bonds. The molecule has 1 aromatic carbocycles. The maximum Gasteiger partial charge on any atom is 0.226 e. The van der Waals surface area contributed by atoms with Crippen molar-refractivity contribution < 1.29 is 4.79 Å². The number of alkyl halides is 1. The molecule has 0 radical (unpaired) electrons. The van der Waals surface area contributed by atoms with Crippen LogP contribution in [0, 0.1) is 11.8 Å². The molecule has 0 aromatic heterocycles. The molecule has 0 N–H and O–H groups in total. The quantitative estimate of drug-likeness (QED) is 0.759. The van der Waals surface area contributed by atoms with Crippen LogP contribution in [0.25, 0.3) is 0 Å². The Kier molecular flexibility index (Phi) is 3.56. The van der Waals surface area contributed by atoms with Gasteiger partial charge in [0.15, 0.2) is 0 Å². The van der Waals surface area contributed by atoms with E-state index < -0.39 is 0 Å². The van der Waals surface area contributed by atoms with Crippen molar-refractivity contribution in [2.75, 3.05) is 11.9 Å². The average molecular weight is 348 g/mol. The second-order valence-electron chi connectivity index (χ2n) is 6.76. The summed E-state index contributed by atoms with van der Waals surface area (Å²) in [5.74, 6) is 1.84. The maximum atomic E-state index is 13.0. The minimum Gasteiger partial charge on any atom is -0.339 e. The van der Waals surface area contributed by atoms with E-state index in [1.807, 2.05) is 0 Å². The smallest absolute Gasteiger partial charge is 0.226 e. The summed E-state index contributed by atoms with van der Waals surface area (Å²) in [5, 5.41) is 0.897. The molecule has 0 saturated heterocycles. The lowest BCUT2D eigenvalue weighted by molar-refractivity contribution is -0.136. The zero-order chi connectivity index (χ0) is 14.4. The Labute approximate surface area is 135 Å². The summed E-state index contributed by atoms with van der Waals surface area (Å²) in [6, 6.07) is 9.27. The third kappa shape index (κ3) is 2.25. The van der Waals surface area contributed by atoms with E-state index in [1.54, 1.807) is 0 Å². The minimum atomic E-state index is 0.272. The van der Waals surface area contributed by atoms with Crippen molar-refractivity contribution in [3.05, 3.63) is 35.4 Å². The number of hydrogen-bond donors (Lipinski definition) is 0. The van der Waals surface area contributed by atoms with Gasteiger partial charge in [0.2, 0.25) is 5.91 Å². The summed E-state index contributed by atoms with van der Waals surface area (Å²) in [6.07, 6.45) is 6.06. The highest BCUT2D eigenvalue weighted by Gasteiger charge is 2.58. The van der Waals surface area contributed by atoms with Crippen LogP contribution < -0.4 is 0 Å². The molecule has 0 spiro atoms. The number of amides is 1. The van der Waals surface area contributed by atoms with Crippen molar-refractivity contribution in [2.45, 2.75) is 44.1 Å². The van der Waals surface area contributed by atoms with Gasteiger partial charge in [0.1, 0.15) is 0 Å². The Morgan fingerprint density at radius 2 is 2.05 bits per heavy atom. The molecule has 3 unspecified atom stereocenters. The van der Waals surface area contributed by atoms with Crippen LogP contribution in [0.2, 0.25) is 0 Å². The number of halogens is 1. The van der Waals surface area contributed by atoms with Gasteiger partial charge in [-0.15, -0.1) is 0 Å². The van der Waals surface area contributed by atoms with Crippen LogP contribution in [-0.2, 0) is 11.2 Å². The summed E-state index contributed by atoms with van der Waals surface area (Å²) >= 11 is 3.52. The number of rotatable bonds is 4. The van der Waals surface area contributed by atoms with Crippen LogP contribution in [-0.4, -0.2) is 28.7 Å². The van der Waals surface area contributed by atoms with Gasteiger partial charge in [-0.05, 0) is 55.1 Å². The predicted octanol–water partition coefficient (Wildman–Crippen LogP) is 3.74. The van der Waals surface area contributed by atoms with Gasteiger partial charge in [-0.3, -0.25) is 4.79 Å². The molecule has 2 nitrogen and oxygen atoms in total. The van der Waals surface area contributed by atoms with Gasteiger partial charge in [0.25, 0.3) is 0 Å². The molecule has 4 rings (SSSR count). The Balaban J connectivity index is 1.54. The number of nitrogens with zero attached hydrogens (tertiary/aromatic N) is 1. The highest BCUT2D eigenvalue weighted by Crippen LogP contribution is 2.60. The first-order chi connectivity index (χ1) is 10.3. The fourth-order valence-electron chi connectivity index (χ4n) is 4.36. The van der Waals surface area contributed by atoms with Crippen LogP contribution in [0.5, 0.6) is 0 Å². The molecule has 0 aliphatic heterocycles. The van der Waals surface area contributed by atoms with E-state index in [2.05, 4.69) is 45.1 Å². The first kappa shape index (κ1) is 13.8. The molecule has 21 heavy (non-hydrogen) atoms. The van der Waals surface area contributed by atoms with Crippen LogP contribution >= 0.6 is 15.9 Å². The van der Waals surface area contributed by atoms with Crippen LogP contribution in [0.15, 0.2) is 24.3 Å². The monoisotopic (exact) mass is 347 g/mol. The number of carbonyl (C=O) groups excluding carboxylic acids is 1. The van der Waals surface area contributed by atoms with Crippen LogP contribution in [0.4, 0.5) is 0 Å². The van der Waals surface area contributed by atoms with Crippen molar-refractivity contribution >= 4 is 21.8 Å². The van der Waals surface area contributed by atoms with Gasteiger partial charge in [-0.2, -0.15) is 0 Å². The SMILES string of the molecule is O=C(C1C2CCc3ccccc3C21)N(CCBr)C1CCC1. The number of hydrogen-bond acceptors (Lipinski definition) is 1. The summed E-state index contributed by atoms with van der Waals surface area (Å²) in [4.78, 5) is 15.2. The fraction of sp³-hybridized carbons (Fsp3) is 0.611. The van der Waals surface area contributed by atoms with E-state index in [0.717, 1.165) is 18.3 Å². The lowest BCUT2D eigenvalue weighted by atomic mass is 9.91. The van der Waals surface area contributed by atoms with Crippen LogP contribution in [0.1, 0.15) is 42.7 Å². The van der Waals surface area contributed by atoms with E-state index in [-0.39, 0.29) is 5.92 Å². The molecular formula is C18H22BrNO. The van der Waals surface area contributed by atoms with Gasteiger partial charge >= 0.3 is 0 Å². The molecule has 1 aromatic rings. The number of benzene rings is 1. The third-order valence-corrected chi connectivity index (χ3v) is 6.09. The van der Waals surface area contributed by atoms with Crippen molar-refractivity contribution in [3.63, 3.8) is 0 Å². The van der Waals surface area contributed by atoms with Crippen molar-refractivity contribution in [1.29, 1.82) is 0 Å². The highest BCUT2D eigenvalue weighted by atomic mass is 79.9. The van der Waals surface area contributed by atoms with Crippen LogP contribution in [0.3, 0.4) is 0 Å². The van der Waals surface area contributed by atoms with Gasteiger partial charge in [0.05, 0.1) is 0 Å². The molecular weight excluding hydrogens is 326 g/mol. The molecule has 3 aliphatic carbocycles. The van der Waals surface area contributed by atoms with E-state index in [0.29, 0.717) is 23.8 Å². The lowest BCUT2D eigenvalue weighted by Gasteiger charge is -2.37. The molecule has 2 fully saturated rings. The number of carbonyl (C=O) groups is 1. The molecule has 2 saturated carbocycles. The van der Waals surface area contributed by atoms with E-state index in [1.165, 1.54) is 36.8 Å². The fourth-order valence-corrected chi connectivity index (χ4v) is 4.74. The largest absolute Gasteiger partial charge is 0.339 e.